The molecular formula is C11H12ClFN4O2S. The quantitative estimate of drug-likeness (QED) is 0.846. The molecule has 0 aliphatic heterocycles. The molecule has 1 aromatic heterocycles. The first kappa shape index (κ1) is 14.6. The van der Waals surface area contributed by atoms with Crippen LogP contribution in [0.4, 0.5) is 15.8 Å². The Morgan fingerprint density at radius 2 is 2.10 bits per heavy atom. The topological polar surface area (TPSA) is 90.0 Å². The van der Waals surface area contributed by atoms with Crippen molar-refractivity contribution >= 4 is 33.0 Å². The molecule has 9 heteroatoms. The minimum absolute atomic E-state index is 0.0344. The van der Waals surface area contributed by atoms with Gasteiger partial charge in [0.2, 0.25) is 0 Å². The highest BCUT2D eigenvalue weighted by atomic mass is 35.5. The van der Waals surface area contributed by atoms with Crippen LogP contribution in [0.2, 0.25) is 5.02 Å². The van der Waals surface area contributed by atoms with Gasteiger partial charge < -0.3 is 5.73 Å². The first-order valence-electron chi connectivity index (χ1n) is 5.48. The monoisotopic (exact) mass is 318 g/mol. The standard InChI is InChI=1S/C11H12ClFN4O2S/c1-6-9(5-17(2)15-6)16-20(18,19)10-4-7(12)3-8(14)11(10)13/h3-5,16H,14H2,1-2H3. The van der Waals surface area contributed by atoms with Crippen LogP contribution in [0.3, 0.4) is 0 Å². The van der Waals surface area contributed by atoms with Crippen LogP contribution in [0.1, 0.15) is 5.69 Å². The summed E-state index contributed by atoms with van der Waals surface area (Å²) in [5.41, 5.74) is 5.76. The average molecular weight is 319 g/mol. The summed E-state index contributed by atoms with van der Waals surface area (Å²) in [7, 11) is -2.50. The number of halogens is 2. The number of aromatic nitrogens is 2. The van der Waals surface area contributed by atoms with Crippen LogP contribution >= 0.6 is 11.6 Å². The number of aryl methyl sites for hydroxylation is 2. The zero-order chi connectivity index (χ0) is 15.1. The third kappa shape index (κ3) is 2.70. The molecule has 0 aliphatic rings. The minimum Gasteiger partial charge on any atom is -0.396 e. The van der Waals surface area contributed by atoms with Gasteiger partial charge in [-0.25, -0.2) is 12.8 Å². The molecule has 0 fully saturated rings. The molecule has 0 amide bonds. The minimum atomic E-state index is -4.14. The van der Waals surface area contributed by atoms with Crippen molar-refractivity contribution < 1.29 is 12.8 Å². The summed E-state index contributed by atoms with van der Waals surface area (Å²) < 4.78 is 41.9. The Morgan fingerprint density at radius 3 is 2.65 bits per heavy atom. The zero-order valence-corrected chi connectivity index (χ0v) is 12.3. The normalized spacial score (nSPS) is 11.6. The van der Waals surface area contributed by atoms with Crippen molar-refractivity contribution in [1.82, 2.24) is 9.78 Å². The largest absolute Gasteiger partial charge is 0.396 e. The van der Waals surface area contributed by atoms with Gasteiger partial charge in [-0.3, -0.25) is 9.40 Å². The van der Waals surface area contributed by atoms with Crippen LogP contribution in [0.25, 0.3) is 0 Å². The molecule has 1 aromatic carbocycles. The van der Waals surface area contributed by atoms with Gasteiger partial charge in [-0.15, -0.1) is 0 Å². The zero-order valence-electron chi connectivity index (χ0n) is 10.7. The van der Waals surface area contributed by atoms with Crippen molar-refractivity contribution in [2.75, 3.05) is 10.5 Å². The molecule has 0 radical (unpaired) electrons. The fourth-order valence-electron chi connectivity index (χ4n) is 1.68. The Morgan fingerprint density at radius 1 is 1.45 bits per heavy atom. The molecule has 0 bridgehead atoms. The van der Waals surface area contributed by atoms with Crippen molar-refractivity contribution in [2.24, 2.45) is 7.05 Å². The van der Waals surface area contributed by atoms with Crippen LogP contribution in [-0.4, -0.2) is 18.2 Å². The van der Waals surface area contributed by atoms with Gasteiger partial charge in [0, 0.05) is 18.3 Å². The van der Waals surface area contributed by atoms with Gasteiger partial charge in [0.25, 0.3) is 10.0 Å². The lowest BCUT2D eigenvalue weighted by Crippen LogP contribution is -2.15. The maximum Gasteiger partial charge on any atom is 0.265 e. The van der Waals surface area contributed by atoms with E-state index in [0.29, 0.717) is 5.69 Å². The summed E-state index contributed by atoms with van der Waals surface area (Å²) >= 11 is 5.71. The molecule has 0 saturated carbocycles. The molecular weight excluding hydrogens is 307 g/mol. The summed E-state index contributed by atoms with van der Waals surface area (Å²) in [6.45, 7) is 1.63. The van der Waals surface area contributed by atoms with Crippen LogP contribution in [0.5, 0.6) is 0 Å². The number of nitrogen functional groups attached to an aromatic ring is 1. The number of sulfonamides is 1. The number of hydrogen-bond donors (Lipinski definition) is 2. The van der Waals surface area contributed by atoms with Gasteiger partial charge in [0.15, 0.2) is 5.82 Å². The summed E-state index contributed by atoms with van der Waals surface area (Å²) in [6, 6.07) is 2.15. The molecule has 20 heavy (non-hydrogen) atoms. The highest BCUT2D eigenvalue weighted by molar-refractivity contribution is 7.92. The maximum atomic E-state index is 13.9. The van der Waals surface area contributed by atoms with Crippen molar-refractivity contribution in [3.05, 3.63) is 34.9 Å². The Hall–Kier alpha value is -1.80. The number of benzene rings is 1. The highest BCUT2D eigenvalue weighted by Gasteiger charge is 2.23. The van der Waals surface area contributed by atoms with E-state index in [9.17, 15) is 12.8 Å². The summed E-state index contributed by atoms with van der Waals surface area (Å²) in [5.74, 6) is -1.04. The predicted octanol–water partition coefficient (Wildman–Crippen LogP) is 1.90. The number of rotatable bonds is 3. The Kier molecular flexibility index (Phi) is 3.61. The van der Waals surface area contributed by atoms with E-state index in [4.69, 9.17) is 17.3 Å². The molecule has 1 heterocycles. The van der Waals surface area contributed by atoms with Crippen molar-refractivity contribution in [2.45, 2.75) is 11.8 Å². The van der Waals surface area contributed by atoms with Crippen molar-refractivity contribution in [1.29, 1.82) is 0 Å². The number of nitrogens with two attached hydrogens (primary N) is 1. The fraction of sp³-hybridized carbons (Fsp3) is 0.182. The summed E-state index contributed by atoms with van der Waals surface area (Å²) in [4.78, 5) is -0.606. The average Bonchev–Trinajstić information content (AvgIpc) is 2.61. The molecule has 0 atom stereocenters. The summed E-state index contributed by atoms with van der Waals surface area (Å²) in [6.07, 6.45) is 1.47. The molecule has 108 valence electrons. The van der Waals surface area contributed by atoms with E-state index >= 15 is 0 Å². The van der Waals surface area contributed by atoms with E-state index < -0.39 is 20.7 Å². The van der Waals surface area contributed by atoms with Gasteiger partial charge in [-0.1, -0.05) is 11.6 Å². The lowest BCUT2D eigenvalue weighted by molar-refractivity contribution is 0.573. The van der Waals surface area contributed by atoms with Crippen LogP contribution in [-0.2, 0) is 17.1 Å². The second-order valence-electron chi connectivity index (χ2n) is 4.21. The number of anilines is 2. The molecule has 0 unspecified atom stereocenters. The third-order valence-corrected chi connectivity index (χ3v) is 4.16. The maximum absolute atomic E-state index is 13.9. The van der Waals surface area contributed by atoms with Crippen molar-refractivity contribution in [3.8, 4) is 0 Å². The number of hydrogen-bond acceptors (Lipinski definition) is 4. The summed E-state index contributed by atoms with van der Waals surface area (Å²) in [5, 5.41) is 4.03. The molecule has 0 saturated heterocycles. The Bertz CT molecular complexity index is 773. The lowest BCUT2D eigenvalue weighted by Gasteiger charge is -2.09. The Labute approximate surface area is 120 Å². The first-order valence-corrected chi connectivity index (χ1v) is 7.34. The number of nitrogens with zero attached hydrogens (tertiary/aromatic N) is 2. The molecule has 2 rings (SSSR count). The second-order valence-corrected chi connectivity index (χ2v) is 6.30. The molecule has 3 N–H and O–H groups in total. The predicted molar refractivity (Wildman–Crippen MR) is 74.6 cm³/mol. The smallest absolute Gasteiger partial charge is 0.265 e. The molecule has 0 aliphatic carbocycles. The molecule has 6 nitrogen and oxygen atoms in total. The fourth-order valence-corrected chi connectivity index (χ4v) is 3.21. The van der Waals surface area contributed by atoms with E-state index in [-0.39, 0.29) is 16.4 Å². The SMILES string of the molecule is Cc1nn(C)cc1NS(=O)(=O)c1cc(Cl)cc(N)c1F. The van der Waals surface area contributed by atoms with Gasteiger partial charge in [0.1, 0.15) is 4.90 Å². The van der Waals surface area contributed by atoms with Gasteiger partial charge in [0.05, 0.1) is 17.1 Å². The highest BCUT2D eigenvalue weighted by Crippen LogP contribution is 2.27. The van der Waals surface area contributed by atoms with Crippen molar-refractivity contribution in [3.63, 3.8) is 0 Å². The molecule has 2 aromatic rings. The molecule has 0 spiro atoms. The van der Waals surface area contributed by atoms with E-state index in [0.717, 1.165) is 12.1 Å². The second kappa shape index (κ2) is 4.95. The van der Waals surface area contributed by atoms with Crippen LogP contribution in [0, 0.1) is 12.7 Å². The van der Waals surface area contributed by atoms with Gasteiger partial charge >= 0.3 is 0 Å². The number of nitrogens with one attached hydrogen (secondary N) is 1. The van der Waals surface area contributed by atoms with Crippen LogP contribution in [0.15, 0.2) is 23.2 Å². The Balaban J connectivity index is 2.49. The van der Waals surface area contributed by atoms with E-state index in [1.54, 1.807) is 14.0 Å². The third-order valence-electron chi connectivity index (χ3n) is 2.58. The van der Waals surface area contributed by atoms with Gasteiger partial charge in [-0.2, -0.15) is 5.10 Å². The first-order chi connectivity index (χ1) is 9.20. The van der Waals surface area contributed by atoms with Crippen LogP contribution < -0.4 is 10.5 Å². The van der Waals surface area contributed by atoms with E-state index in [2.05, 4.69) is 9.82 Å². The van der Waals surface area contributed by atoms with E-state index in [1.165, 1.54) is 10.9 Å². The van der Waals surface area contributed by atoms with E-state index in [1.807, 2.05) is 0 Å². The lowest BCUT2D eigenvalue weighted by atomic mass is 10.3. The van der Waals surface area contributed by atoms with Gasteiger partial charge in [-0.05, 0) is 19.1 Å².